The van der Waals surface area contributed by atoms with Crippen molar-refractivity contribution in [3.05, 3.63) is 29.6 Å². The first-order chi connectivity index (χ1) is 7.74. The Morgan fingerprint density at radius 1 is 1.62 bits per heavy atom. The van der Waals surface area contributed by atoms with Crippen molar-refractivity contribution in [2.75, 3.05) is 25.0 Å². The fourth-order valence-electron chi connectivity index (χ4n) is 2.03. The van der Waals surface area contributed by atoms with Gasteiger partial charge in [-0.2, -0.15) is 5.26 Å². The van der Waals surface area contributed by atoms with E-state index in [4.69, 9.17) is 5.26 Å². The van der Waals surface area contributed by atoms with Crippen LogP contribution in [0.1, 0.15) is 5.56 Å². The first kappa shape index (κ1) is 10.9. The van der Waals surface area contributed by atoms with Crippen molar-refractivity contribution in [1.29, 1.82) is 5.26 Å². The van der Waals surface area contributed by atoms with Crippen molar-refractivity contribution in [3.63, 3.8) is 0 Å². The molecule has 4 heteroatoms. The predicted octanol–water partition coefficient (Wildman–Crippen LogP) is 1.30. The van der Waals surface area contributed by atoms with Crippen LogP contribution >= 0.6 is 0 Å². The summed E-state index contributed by atoms with van der Waals surface area (Å²) in [6.07, 6.45) is 0.928. The molecule has 0 aromatic heterocycles. The minimum Gasteiger partial charge on any atom is -0.368 e. The quantitative estimate of drug-likeness (QED) is 0.832. The summed E-state index contributed by atoms with van der Waals surface area (Å²) in [5.41, 5.74) is 2.09. The highest BCUT2D eigenvalue weighted by molar-refractivity contribution is 5.58. The Balaban J connectivity index is 2.17. The molecule has 1 aromatic carbocycles. The summed E-state index contributed by atoms with van der Waals surface area (Å²) >= 11 is 0. The Bertz CT molecular complexity index is 425. The number of halogens is 1. The van der Waals surface area contributed by atoms with Crippen molar-refractivity contribution >= 4 is 5.69 Å². The van der Waals surface area contributed by atoms with Gasteiger partial charge < -0.3 is 10.2 Å². The van der Waals surface area contributed by atoms with Gasteiger partial charge in [0.25, 0.3) is 0 Å². The lowest BCUT2D eigenvalue weighted by atomic mass is 10.1. The number of anilines is 1. The average molecular weight is 219 g/mol. The number of fused-ring (bicyclic) bond motifs is 1. The zero-order valence-electron chi connectivity index (χ0n) is 9.20. The molecular weight excluding hydrogens is 205 g/mol. The van der Waals surface area contributed by atoms with E-state index in [-0.39, 0.29) is 11.9 Å². The van der Waals surface area contributed by atoms with Gasteiger partial charge in [-0.25, -0.2) is 4.39 Å². The largest absolute Gasteiger partial charge is 0.368 e. The van der Waals surface area contributed by atoms with Crippen LogP contribution in [-0.2, 0) is 6.42 Å². The third-order valence-electron chi connectivity index (χ3n) is 2.95. The molecular formula is C12H14FN3. The van der Waals surface area contributed by atoms with Crippen LogP contribution in [-0.4, -0.2) is 26.2 Å². The second kappa shape index (κ2) is 4.50. The molecule has 1 atom stereocenters. The van der Waals surface area contributed by atoms with Gasteiger partial charge in [0.15, 0.2) is 0 Å². The number of nitrogens with zero attached hydrogens (tertiary/aromatic N) is 2. The first-order valence-corrected chi connectivity index (χ1v) is 5.35. The standard InChI is InChI=1S/C12H14FN3/c1-15-11(7-14)8-16-5-4-9-2-3-10(13)6-12(9)16/h2-3,6,11,15H,4-5,8H2,1H3. The lowest BCUT2D eigenvalue weighted by molar-refractivity contribution is 0.624. The molecule has 1 N–H and O–H groups in total. The number of nitriles is 1. The van der Waals surface area contributed by atoms with Crippen LogP contribution in [0.3, 0.4) is 0 Å². The Kier molecular flexibility index (Phi) is 3.07. The van der Waals surface area contributed by atoms with Gasteiger partial charge in [0.1, 0.15) is 11.9 Å². The van der Waals surface area contributed by atoms with E-state index < -0.39 is 0 Å². The van der Waals surface area contributed by atoms with E-state index in [0.717, 1.165) is 24.2 Å². The van der Waals surface area contributed by atoms with Gasteiger partial charge in [-0.1, -0.05) is 6.07 Å². The zero-order valence-corrected chi connectivity index (χ0v) is 9.20. The van der Waals surface area contributed by atoms with E-state index in [1.54, 1.807) is 13.1 Å². The minimum atomic E-state index is -0.219. The molecule has 1 aliphatic heterocycles. The third kappa shape index (κ3) is 2.00. The van der Waals surface area contributed by atoms with E-state index >= 15 is 0 Å². The fourth-order valence-corrected chi connectivity index (χ4v) is 2.03. The van der Waals surface area contributed by atoms with Crippen molar-refractivity contribution in [2.45, 2.75) is 12.5 Å². The van der Waals surface area contributed by atoms with Gasteiger partial charge in [-0.15, -0.1) is 0 Å². The molecule has 1 aliphatic rings. The van der Waals surface area contributed by atoms with Crippen LogP contribution in [0, 0.1) is 17.1 Å². The van der Waals surface area contributed by atoms with Crippen LogP contribution in [0.4, 0.5) is 10.1 Å². The molecule has 0 fully saturated rings. The molecule has 0 saturated heterocycles. The smallest absolute Gasteiger partial charge is 0.125 e. The van der Waals surface area contributed by atoms with Crippen molar-refractivity contribution < 1.29 is 4.39 Å². The fraction of sp³-hybridized carbons (Fsp3) is 0.417. The second-order valence-corrected chi connectivity index (χ2v) is 3.94. The second-order valence-electron chi connectivity index (χ2n) is 3.94. The summed E-state index contributed by atoms with van der Waals surface area (Å²) in [7, 11) is 1.76. The van der Waals surface area contributed by atoms with Crippen LogP contribution in [0.15, 0.2) is 18.2 Å². The summed E-state index contributed by atoms with van der Waals surface area (Å²) in [6.45, 7) is 1.46. The predicted molar refractivity (Wildman–Crippen MR) is 60.8 cm³/mol. The van der Waals surface area contributed by atoms with Crippen LogP contribution in [0.5, 0.6) is 0 Å². The molecule has 3 nitrogen and oxygen atoms in total. The molecule has 1 heterocycles. The molecule has 1 unspecified atom stereocenters. The number of rotatable bonds is 3. The molecule has 0 bridgehead atoms. The number of likely N-dealkylation sites (N-methyl/N-ethyl adjacent to an activating group) is 1. The monoisotopic (exact) mass is 219 g/mol. The topological polar surface area (TPSA) is 39.1 Å². The summed E-state index contributed by atoms with van der Waals surface area (Å²) in [5, 5.41) is 11.8. The molecule has 0 saturated carbocycles. The molecule has 0 spiro atoms. The van der Waals surface area contributed by atoms with E-state index in [1.807, 2.05) is 6.07 Å². The maximum Gasteiger partial charge on any atom is 0.125 e. The highest BCUT2D eigenvalue weighted by Crippen LogP contribution is 2.28. The highest BCUT2D eigenvalue weighted by Gasteiger charge is 2.21. The average Bonchev–Trinajstić information content (AvgIpc) is 2.68. The maximum absolute atomic E-state index is 13.1. The van der Waals surface area contributed by atoms with Crippen LogP contribution in [0.25, 0.3) is 0 Å². The number of hydrogen-bond acceptors (Lipinski definition) is 3. The highest BCUT2D eigenvalue weighted by atomic mass is 19.1. The number of benzene rings is 1. The summed E-state index contributed by atoms with van der Waals surface area (Å²) in [6, 6.07) is 6.82. The molecule has 1 aromatic rings. The van der Waals surface area contributed by atoms with Crippen LogP contribution in [0.2, 0.25) is 0 Å². The van der Waals surface area contributed by atoms with Gasteiger partial charge in [-0.3, -0.25) is 0 Å². The summed E-state index contributed by atoms with van der Waals surface area (Å²) in [4.78, 5) is 2.06. The molecule has 0 radical (unpaired) electrons. The number of nitrogens with one attached hydrogen (secondary N) is 1. The van der Waals surface area contributed by atoms with Gasteiger partial charge in [0.2, 0.25) is 0 Å². The Morgan fingerprint density at radius 3 is 3.12 bits per heavy atom. The van der Waals surface area contributed by atoms with Gasteiger partial charge >= 0.3 is 0 Å². The van der Waals surface area contributed by atoms with E-state index in [2.05, 4.69) is 16.3 Å². The van der Waals surface area contributed by atoms with E-state index in [0.29, 0.717) is 6.54 Å². The zero-order chi connectivity index (χ0) is 11.5. The van der Waals surface area contributed by atoms with Crippen molar-refractivity contribution in [1.82, 2.24) is 5.32 Å². The van der Waals surface area contributed by atoms with Gasteiger partial charge in [-0.05, 0) is 31.2 Å². The van der Waals surface area contributed by atoms with E-state index in [1.165, 1.54) is 6.07 Å². The van der Waals surface area contributed by atoms with Gasteiger partial charge in [0.05, 0.1) is 6.07 Å². The molecule has 84 valence electrons. The van der Waals surface area contributed by atoms with Crippen molar-refractivity contribution in [2.24, 2.45) is 0 Å². The normalized spacial score (nSPS) is 15.7. The minimum absolute atomic E-state index is 0.214. The Morgan fingerprint density at radius 2 is 2.44 bits per heavy atom. The summed E-state index contributed by atoms with van der Waals surface area (Å²) < 4.78 is 13.1. The Hall–Kier alpha value is -1.60. The first-order valence-electron chi connectivity index (χ1n) is 5.35. The summed E-state index contributed by atoms with van der Waals surface area (Å²) in [5.74, 6) is -0.219. The lowest BCUT2D eigenvalue weighted by Gasteiger charge is -2.21. The SMILES string of the molecule is CNC(C#N)CN1CCc2ccc(F)cc21. The van der Waals surface area contributed by atoms with Crippen molar-refractivity contribution in [3.8, 4) is 6.07 Å². The molecule has 2 rings (SSSR count). The molecule has 16 heavy (non-hydrogen) atoms. The molecule has 0 amide bonds. The van der Waals surface area contributed by atoms with Crippen LogP contribution < -0.4 is 10.2 Å². The van der Waals surface area contributed by atoms with Gasteiger partial charge in [0, 0.05) is 18.8 Å². The Labute approximate surface area is 94.5 Å². The third-order valence-corrected chi connectivity index (χ3v) is 2.95. The number of hydrogen-bond donors (Lipinski definition) is 1. The van der Waals surface area contributed by atoms with E-state index in [9.17, 15) is 4.39 Å². The lowest BCUT2D eigenvalue weighted by Crippen LogP contribution is -2.37. The molecule has 0 aliphatic carbocycles. The maximum atomic E-state index is 13.1.